The molecular weight excluding hydrogens is 392 g/mol. The minimum Gasteiger partial charge on any atom is -0.465 e. The van der Waals surface area contributed by atoms with Gasteiger partial charge >= 0.3 is 23.2 Å². The lowest BCUT2D eigenvalue weighted by Crippen LogP contribution is -2.46. The fourth-order valence-corrected chi connectivity index (χ4v) is 3.53. The standard InChI is InChI=1S/C20H26N4O6/c1-20(2,3)30-19(28)23-8-6-13(7-9-23)24-15-14(22(4)16(25)17(24)26)10-12(11-21-15)18(27)29-5/h10-11,13H,6-9H2,1-5H3. The molecule has 0 unspecified atom stereocenters. The molecule has 3 heterocycles. The Hall–Kier alpha value is -3.17. The molecule has 10 heteroatoms. The lowest BCUT2D eigenvalue weighted by Gasteiger charge is -2.34. The second-order valence-electron chi connectivity index (χ2n) is 8.30. The number of fused-ring (bicyclic) bond motifs is 1. The van der Waals surface area contributed by atoms with Gasteiger partial charge in [0.1, 0.15) is 5.60 Å². The van der Waals surface area contributed by atoms with Crippen LogP contribution in [-0.2, 0) is 16.5 Å². The summed E-state index contributed by atoms with van der Waals surface area (Å²) in [6.45, 7) is 6.19. The number of rotatable bonds is 2. The van der Waals surface area contributed by atoms with Crippen molar-refractivity contribution in [1.29, 1.82) is 0 Å². The van der Waals surface area contributed by atoms with Crippen LogP contribution in [0.4, 0.5) is 4.79 Å². The van der Waals surface area contributed by atoms with Gasteiger partial charge in [0.25, 0.3) is 0 Å². The molecule has 0 aliphatic carbocycles. The molecular formula is C20H26N4O6. The van der Waals surface area contributed by atoms with Crippen molar-refractivity contribution < 1.29 is 19.1 Å². The second-order valence-corrected chi connectivity index (χ2v) is 8.30. The van der Waals surface area contributed by atoms with Crippen molar-refractivity contribution in [1.82, 2.24) is 19.0 Å². The van der Waals surface area contributed by atoms with Crippen LogP contribution in [0.15, 0.2) is 21.9 Å². The Kier molecular flexibility index (Phi) is 5.69. The van der Waals surface area contributed by atoms with Crippen molar-refractivity contribution in [3.8, 4) is 0 Å². The van der Waals surface area contributed by atoms with E-state index in [1.165, 1.54) is 35.6 Å². The van der Waals surface area contributed by atoms with Crippen LogP contribution in [0.3, 0.4) is 0 Å². The highest BCUT2D eigenvalue weighted by Gasteiger charge is 2.29. The van der Waals surface area contributed by atoms with Crippen LogP contribution in [0.25, 0.3) is 11.2 Å². The van der Waals surface area contributed by atoms with Crippen molar-refractivity contribution in [2.45, 2.75) is 45.3 Å². The summed E-state index contributed by atoms with van der Waals surface area (Å²) in [7, 11) is 2.72. The lowest BCUT2D eigenvalue weighted by molar-refractivity contribution is 0.0188. The summed E-state index contributed by atoms with van der Waals surface area (Å²) in [6, 6.07) is 1.19. The number of piperidine rings is 1. The van der Waals surface area contributed by atoms with Gasteiger partial charge < -0.3 is 18.9 Å². The minimum absolute atomic E-state index is 0.185. The first-order chi connectivity index (χ1) is 14.0. The van der Waals surface area contributed by atoms with Gasteiger partial charge in [-0.2, -0.15) is 0 Å². The minimum atomic E-state index is -0.708. The highest BCUT2D eigenvalue weighted by molar-refractivity contribution is 5.92. The first kappa shape index (κ1) is 21.5. The van der Waals surface area contributed by atoms with Gasteiger partial charge in [-0.15, -0.1) is 0 Å². The normalized spacial score (nSPS) is 15.3. The topological polar surface area (TPSA) is 113 Å². The summed E-state index contributed by atoms with van der Waals surface area (Å²) in [5.41, 5.74) is -1.12. The average molecular weight is 418 g/mol. The maximum absolute atomic E-state index is 12.8. The third kappa shape index (κ3) is 4.07. The summed E-state index contributed by atoms with van der Waals surface area (Å²) < 4.78 is 12.7. The summed E-state index contributed by atoms with van der Waals surface area (Å²) in [6.07, 6.45) is 1.87. The smallest absolute Gasteiger partial charge is 0.410 e. The SMILES string of the molecule is COC(=O)c1cnc2c(c1)n(C)c(=O)c(=O)n2C1CCN(C(=O)OC(C)(C)C)CC1. The van der Waals surface area contributed by atoms with E-state index in [-0.39, 0.29) is 11.6 Å². The van der Waals surface area contributed by atoms with Crippen LogP contribution in [-0.4, -0.2) is 56.9 Å². The number of likely N-dealkylation sites (tertiary alicyclic amines) is 1. The molecule has 0 spiro atoms. The summed E-state index contributed by atoms with van der Waals surface area (Å²) >= 11 is 0. The maximum Gasteiger partial charge on any atom is 0.410 e. The molecule has 30 heavy (non-hydrogen) atoms. The Morgan fingerprint density at radius 2 is 1.77 bits per heavy atom. The summed E-state index contributed by atoms with van der Waals surface area (Å²) in [5.74, 6) is -0.583. The highest BCUT2D eigenvalue weighted by atomic mass is 16.6. The number of methoxy groups -OCH3 is 1. The van der Waals surface area contributed by atoms with Crippen LogP contribution in [0.2, 0.25) is 0 Å². The number of carbonyl (C=O) groups excluding carboxylic acids is 2. The number of carbonyl (C=O) groups is 2. The number of pyridine rings is 1. The third-order valence-electron chi connectivity index (χ3n) is 5.05. The molecule has 10 nitrogen and oxygen atoms in total. The zero-order chi connectivity index (χ0) is 22.2. The van der Waals surface area contributed by atoms with Crippen molar-refractivity contribution in [2.75, 3.05) is 20.2 Å². The van der Waals surface area contributed by atoms with E-state index >= 15 is 0 Å². The molecule has 0 radical (unpaired) electrons. The van der Waals surface area contributed by atoms with Crippen LogP contribution in [0.1, 0.15) is 50.0 Å². The van der Waals surface area contributed by atoms with Crippen LogP contribution in [0, 0.1) is 0 Å². The summed E-state index contributed by atoms with van der Waals surface area (Å²) in [5, 5.41) is 0. The van der Waals surface area contributed by atoms with Crippen molar-refractivity contribution in [2.24, 2.45) is 7.05 Å². The van der Waals surface area contributed by atoms with E-state index in [0.717, 1.165) is 0 Å². The molecule has 1 aliphatic heterocycles. The van der Waals surface area contributed by atoms with Gasteiger partial charge in [-0.1, -0.05) is 0 Å². The van der Waals surface area contributed by atoms with E-state index < -0.39 is 28.8 Å². The number of amides is 1. The van der Waals surface area contributed by atoms with Gasteiger partial charge in [0.15, 0.2) is 5.65 Å². The molecule has 1 aliphatic rings. The molecule has 3 rings (SSSR count). The third-order valence-corrected chi connectivity index (χ3v) is 5.05. The Morgan fingerprint density at radius 3 is 2.33 bits per heavy atom. The van der Waals surface area contributed by atoms with E-state index in [0.29, 0.717) is 37.1 Å². The molecule has 2 aromatic rings. The molecule has 0 atom stereocenters. The Bertz CT molecular complexity index is 1100. The molecule has 0 aromatic carbocycles. The van der Waals surface area contributed by atoms with Gasteiger partial charge in [0.05, 0.1) is 18.2 Å². The van der Waals surface area contributed by atoms with Crippen molar-refractivity contribution in [3.05, 3.63) is 38.5 Å². The van der Waals surface area contributed by atoms with Gasteiger partial charge in [-0.25, -0.2) is 14.6 Å². The van der Waals surface area contributed by atoms with Gasteiger partial charge in [0.2, 0.25) is 0 Å². The first-order valence-corrected chi connectivity index (χ1v) is 9.71. The fraction of sp³-hybridized carbons (Fsp3) is 0.550. The molecule has 1 fully saturated rings. The van der Waals surface area contributed by atoms with E-state index in [4.69, 9.17) is 9.47 Å². The van der Waals surface area contributed by atoms with Crippen LogP contribution >= 0.6 is 0 Å². The molecule has 1 saturated heterocycles. The monoisotopic (exact) mass is 418 g/mol. The molecule has 1 amide bonds. The number of hydrogen-bond donors (Lipinski definition) is 0. The van der Waals surface area contributed by atoms with E-state index in [1.807, 2.05) is 0 Å². The number of esters is 1. The largest absolute Gasteiger partial charge is 0.465 e. The number of aryl methyl sites for hydroxylation is 1. The number of hydrogen-bond acceptors (Lipinski definition) is 7. The number of nitrogens with zero attached hydrogens (tertiary/aromatic N) is 4. The molecule has 2 aromatic heterocycles. The van der Waals surface area contributed by atoms with Crippen molar-refractivity contribution >= 4 is 23.2 Å². The van der Waals surface area contributed by atoms with Crippen molar-refractivity contribution in [3.63, 3.8) is 0 Å². The highest BCUT2D eigenvalue weighted by Crippen LogP contribution is 2.25. The predicted molar refractivity (Wildman–Crippen MR) is 109 cm³/mol. The zero-order valence-corrected chi connectivity index (χ0v) is 17.8. The Morgan fingerprint density at radius 1 is 1.13 bits per heavy atom. The molecule has 0 saturated carbocycles. The Labute approximate surface area is 173 Å². The molecule has 0 N–H and O–H groups in total. The number of aromatic nitrogens is 3. The Balaban J connectivity index is 1.95. The van der Waals surface area contributed by atoms with E-state index in [2.05, 4.69) is 4.98 Å². The lowest BCUT2D eigenvalue weighted by atomic mass is 10.0. The maximum atomic E-state index is 12.8. The summed E-state index contributed by atoms with van der Waals surface area (Å²) in [4.78, 5) is 55.3. The zero-order valence-electron chi connectivity index (χ0n) is 17.8. The first-order valence-electron chi connectivity index (χ1n) is 9.71. The van der Waals surface area contributed by atoms with E-state index in [1.54, 1.807) is 25.7 Å². The van der Waals surface area contributed by atoms with Gasteiger partial charge in [-0.05, 0) is 39.7 Å². The van der Waals surface area contributed by atoms with Gasteiger partial charge in [-0.3, -0.25) is 14.2 Å². The second kappa shape index (κ2) is 7.92. The quantitative estimate of drug-likeness (QED) is 0.536. The van der Waals surface area contributed by atoms with Crippen LogP contribution in [0.5, 0.6) is 0 Å². The predicted octanol–water partition coefficient (Wildman–Crippen LogP) is 1.45. The molecule has 162 valence electrons. The number of ether oxygens (including phenoxy) is 2. The van der Waals surface area contributed by atoms with E-state index in [9.17, 15) is 19.2 Å². The van der Waals surface area contributed by atoms with Gasteiger partial charge in [0, 0.05) is 32.4 Å². The fourth-order valence-electron chi connectivity index (χ4n) is 3.53. The van der Waals surface area contributed by atoms with Crippen LogP contribution < -0.4 is 11.1 Å². The molecule has 0 bridgehead atoms. The average Bonchev–Trinajstić information content (AvgIpc) is 2.70.